The number of ether oxygens (including phenoxy) is 2. The molecule has 0 bridgehead atoms. The molecule has 1 unspecified atom stereocenters. The summed E-state index contributed by atoms with van der Waals surface area (Å²) < 4.78 is 12.4. The second kappa shape index (κ2) is 5.19. The first-order valence-corrected chi connectivity index (χ1v) is 5.07. The Morgan fingerprint density at radius 2 is 1.60 bits per heavy atom. The average Bonchev–Trinajstić information content (AvgIpc) is 2.51. The Kier molecular flexibility index (Phi) is 4.17. The Morgan fingerprint density at radius 3 is 2.00 bits per heavy atom. The van der Waals surface area contributed by atoms with Crippen LogP contribution in [-0.4, -0.2) is 31.2 Å². The SMILES string of the molecule is COC(OC)C(C)Nn1c(C)ccc1C. The highest BCUT2D eigenvalue weighted by atomic mass is 16.7. The Balaban J connectivity index is 2.69. The highest BCUT2D eigenvalue weighted by Gasteiger charge is 2.16. The van der Waals surface area contributed by atoms with Gasteiger partial charge >= 0.3 is 0 Å². The zero-order chi connectivity index (χ0) is 11.4. The van der Waals surface area contributed by atoms with Crippen LogP contribution in [0.4, 0.5) is 0 Å². The average molecular weight is 212 g/mol. The molecular weight excluding hydrogens is 192 g/mol. The van der Waals surface area contributed by atoms with Gasteiger partial charge in [-0.1, -0.05) is 0 Å². The lowest BCUT2D eigenvalue weighted by atomic mass is 10.3. The summed E-state index contributed by atoms with van der Waals surface area (Å²) in [6.07, 6.45) is -0.244. The number of nitrogens with one attached hydrogen (secondary N) is 1. The zero-order valence-corrected chi connectivity index (χ0v) is 10.1. The molecule has 4 nitrogen and oxygen atoms in total. The predicted molar refractivity (Wildman–Crippen MR) is 60.5 cm³/mol. The summed E-state index contributed by atoms with van der Waals surface area (Å²) in [5, 5.41) is 0. The monoisotopic (exact) mass is 212 g/mol. The number of nitrogens with zero attached hydrogens (tertiary/aromatic N) is 1. The molecule has 15 heavy (non-hydrogen) atoms. The standard InChI is InChI=1S/C11H20N2O2/c1-8-6-7-9(2)13(8)12-10(3)11(14-4)15-5/h6-7,10-12H,1-5H3. The van der Waals surface area contributed by atoms with E-state index in [4.69, 9.17) is 9.47 Å². The maximum atomic E-state index is 5.19. The van der Waals surface area contributed by atoms with Crippen LogP contribution in [0.15, 0.2) is 12.1 Å². The van der Waals surface area contributed by atoms with Gasteiger partial charge in [-0.2, -0.15) is 0 Å². The van der Waals surface area contributed by atoms with Crippen molar-refractivity contribution in [2.45, 2.75) is 33.1 Å². The van der Waals surface area contributed by atoms with Crippen LogP contribution in [-0.2, 0) is 9.47 Å². The molecule has 1 aromatic heterocycles. The second-order valence-electron chi connectivity index (χ2n) is 3.71. The second-order valence-corrected chi connectivity index (χ2v) is 3.71. The van der Waals surface area contributed by atoms with Crippen molar-refractivity contribution in [2.75, 3.05) is 19.6 Å². The number of aryl methyl sites for hydroxylation is 2. The molecule has 0 spiro atoms. The van der Waals surface area contributed by atoms with E-state index in [0.717, 1.165) is 0 Å². The minimum Gasteiger partial charge on any atom is -0.354 e. The minimum atomic E-state index is -0.244. The number of hydrogen-bond donors (Lipinski definition) is 1. The predicted octanol–water partition coefficient (Wildman–Crippen LogP) is 1.66. The smallest absolute Gasteiger partial charge is 0.178 e. The number of hydrogen-bond acceptors (Lipinski definition) is 3. The van der Waals surface area contributed by atoms with E-state index < -0.39 is 0 Å². The van der Waals surface area contributed by atoms with E-state index in [1.54, 1.807) is 14.2 Å². The van der Waals surface area contributed by atoms with Crippen LogP contribution in [0.2, 0.25) is 0 Å². The van der Waals surface area contributed by atoms with E-state index in [2.05, 4.69) is 31.4 Å². The van der Waals surface area contributed by atoms with Gasteiger partial charge in [-0.15, -0.1) is 0 Å². The molecule has 4 heteroatoms. The van der Waals surface area contributed by atoms with Gasteiger partial charge < -0.3 is 14.9 Å². The summed E-state index contributed by atoms with van der Waals surface area (Å²) in [4.78, 5) is 0. The molecular formula is C11H20N2O2. The minimum absolute atomic E-state index is 0.0878. The quantitative estimate of drug-likeness (QED) is 0.754. The molecule has 1 rings (SSSR count). The van der Waals surface area contributed by atoms with Gasteiger partial charge in [-0.3, -0.25) is 4.68 Å². The fourth-order valence-corrected chi connectivity index (χ4v) is 1.64. The molecule has 1 N–H and O–H groups in total. The number of methoxy groups -OCH3 is 2. The third-order valence-electron chi connectivity index (χ3n) is 2.48. The third kappa shape index (κ3) is 2.73. The van der Waals surface area contributed by atoms with E-state index >= 15 is 0 Å². The van der Waals surface area contributed by atoms with Crippen molar-refractivity contribution in [3.63, 3.8) is 0 Å². The normalized spacial score (nSPS) is 13.2. The Labute approximate surface area is 91.2 Å². The van der Waals surface area contributed by atoms with Crippen molar-refractivity contribution in [2.24, 2.45) is 0 Å². The van der Waals surface area contributed by atoms with Crippen molar-refractivity contribution in [3.8, 4) is 0 Å². The molecule has 0 saturated heterocycles. The van der Waals surface area contributed by atoms with Crippen molar-refractivity contribution < 1.29 is 9.47 Å². The molecule has 0 aliphatic heterocycles. The summed E-state index contributed by atoms with van der Waals surface area (Å²) in [6.45, 7) is 6.14. The highest BCUT2D eigenvalue weighted by Crippen LogP contribution is 2.07. The molecule has 1 heterocycles. The van der Waals surface area contributed by atoms with Crippen LogP contribution < -0.4 is 5.43 Å². The lowest BCUT2D eigenvalue weighted by Gasteiger charge is -2.25. The molecule has 0 aliphatic carbocycles. The molecule has 0 fully saturated rings. The lowest BCUT2D eigenvalue weighted by Crippen LogP contribution is -2.38. The first kappa shape index (κ1) is 12.1. The van der Waals surface area contributed by atoms with Crippen LogP contribution in [0.3, 0.4) is 0 Å². The Hall–Kier alpha value is -1.00. The summed E-state index contributed by atoms with van der Waals surface area (Å²) in [5.74, 6) is 0. The van der Waals surface area contributed by atoms with Crippen LogP contribution in [0.25, 0.3) is 0 Å². The zero-order valence-electron chi connectivity index (χ0n) is 10.1. The Morgan fingerprint density at radius 1 is 1.13 bits per heavy atom. The van der Waals surface area contributed by atoms with Crippen LogP contribution in [0.1, 0.15) is 18.3 Å². The van der Waals surface area contributed by atoms with Crippen LogP contribution in [0, 0.1) is 13.8 Å². The largest absolute Gasteiger partial charge is 0.354 e. The van der Waals surface area contributed by atoms with Gasteiger partial charge in [-0.25, -0.2) is 0 Å². The van der Waals surface area contributed by atoms with Gasteiger partial charge in [0.1, 0.15) is 0 Å². The summed E-state index contributed by atoms with van der Waals surface area (Å²) in [7, 11) is 3.28. The molecule has 0 aliphatic rings. The van der Waals surface area contributed by atoms with Crippen molar-refractivity contribution in [1.29, 1.82) is 0 Å². The van der Waals surface area contributed by atoms with Gasteiger partial charge in [0, 0.05) is 25.6 Å². The first-order chi connectivity index (χ1) is 7.10. The maximum absolute atomic E-state index is 5.19. The van der Waals surface area contributed by atoms with Crippen LogP contribution in [0.5, 0.6) is 0 Å². The van der Waals surface area contributed by atoms with Gasteiger partial charge in [0.15, 0.2) is 6.29 Å². The summed E-state index contributed by atoms with van der Waals surface area (Å²) >= 11 is 0. The fourth-order valence-electron chi connectivity index (χ4n) is 1.64. The summed E-state index contributed by atoms with van der Waals surface area (Å²) in [6, 6.07) is 4.23. The molecule has 1 aromatic rings. The van der Waals surface area contributed by atoms with E-state index in [0.29, 0.717) is 0 Å². The van der Waals surface area contributed by atoms with Gasteiger partial charge in [0.2, 0.25) is 0 Å². The third-order valence-corrected chi connectivity index (χ3v) is 2.48. The fraction of sp³-hybridized carbons (Fsp3) is 0.636. The molecule has 86 valence electrons. The van der Waals surface area contributed by atoms with Crippen molar-refractivity contribution >= 4 is 0 Å². The Bertz CT molecular complexity index is 286. The van der Waals surface area contributed by atoms with Crippen molar-refractivity contribution in [3.05, 3.63) is 23.5 Å². The molecule has 0 saturated carbocycles. The summed E-state index contributed by atoms with van der Waals surface area (Å²) in [5.41, 5.74) is 5.67. The first-order valence-electron chi connectivity index (χ1n) is 5.07. The highest BCUT2D eigenvalue weighted by molar-refractivity contribution is 5.15. The lowest BCUT2D eigenvalue weighted by molar-refractivity contribution is -0.111. The van der Waals surface area contributed by atoms with Crippen molar-refractivity contribution in [1.82, 2.24) is 4.68 Å². The van der Waals surface area contributed by atoms with Gasteiger partial charge in [0.25, 0.3) is 0 Å². The maximum Gasteiger partial charge on any atom is 0.178 e. The topological polar surface area (TPSA) is 35.4 Å². The van der Waals surface area contributed by atoms with E-state index in [1.165, 1.54) is 11.4 Å². The van der Waals surface area contributed by atoms with E-state index in [9.17, 15) is 0 Å². The van der Waals surface area contributed by atoms with Crippen LogP contribution >= 0.6 is 0 Å². The van der Waals surface area contributed by atoms with E-state index in [-0.39, 0.29) is 12.3 Å². The van der Waals surface area contributed by atoms with Gasteiger partial charge in [0.05, 0.1) is 6.04 Å². The number of aromatic nitrogens is 1. The molecule has 1 atom stereocenters. The van der Waals surface area contributed by atoms with Gasteiger partial charge in [-0.05, 0) is 32.9 Å². The molecule has 0 radical (unpaired) electrons. The molecule has 0 aromatic carbocycles. The van der Waals surface area contributed by atoms with E-state index in [1.807, 2.05) is 11.6 Å². The number of rotatable bonds is 5. The molecule has 0 amide bonds.